The van der Waals surface area contributed by atoms with Crippen molar-refractivity contribution in [3.63, 3.8) is 0 Å². The van der Waals surface area contributed by atoms with Crippen LogP contribution in [0.15, 0.2) is 42.6 Å². The van der Waals surface area contributed by atoms with Crippen molar-refractivity contribution in [1.82, 2.24) is 4.98 Å². The Balaban J connectivity index is 2.12. The van der Waals surface area contributed by atoms with Gasteiger partial charge in [-0.05, 0) is 36.4 Å². The van der Waals surface area contributed by atoms with Gasteiger partial charge in [0, 0.05) is 17.4 Å². The van der Waals surface area contributed by atoms with Gasteiger partial charge in [-0.25, -0.2) is 9.78 Å². The van der Waals surface area contributed by atoms with E-state index in [1.165, 1.54) is 12.3 Å². The summed E-state index contributed by atoms with van der Waals surface area (Å²) in [4.78, 5) is 25.5. The van der Waals surface area contributed by atoms with Crippen LogP contribution in [0.2, 0.25) is 0 Å². The zero-order valence-corrected chi connectivity index (χ0v) is 9.83. The second-order valence-corrected chi connectivity index (χ2v) is 3.80. The summed E-state index contributed by atoms with van der Waals surface area (Å²) >= 11 is 0. The third kappa shape index (κ3) is 3.06. The van der Waals surface area contributed by atoms with Crippen molar-refractivity contribution in [2.45, 2.75) is 0 Å². The minimum atomic E-state index is -1.02. The van der Waals surface area contributed by atoms with Gasteiger partial charge < -0.3 is 16.2 Å². The van der Waals surface area contributed by atoms with E-state index in [1.807, 2.05) is 0 Å². The second kappa shape index (κ2) is 5.18. The fourth-order valence-corrected chi connectivity index (χ4v) is 1.46. The number of carbonyl (C=O) groups is 2. The molecule has 0 fully saturated rings. The average molecular weight is 257 g/mol. The number of aromatic nitrogens is 1. The van der Waals surface area contributed by atoms with Crippen LogP contribution in [0.25, 0.3) is 0 Å². The van der Waals surface area contributed by atoms with Crippen molar-refractivity contribution in [3.8, 4) is 0 Å². The summed E-state index contributed by atoms with van der Waals surface area (Å²) in [7, 11) is 0. The van der Waals surface area contributed by atoms with E-state index in [4.69, 9.17) is 10.8 Å². The number of carboxylic acid groups (broad SMARTS) is 1. The molecule has 0 aliphatic rings. The highest BCUT2D eigenvalue weighted by molar-refractivity contribution is 5.93. The Hall–Kier alpha value is -2.89. The maximum atomic E-state index is 10.9. The maximum Gasteiger partial charge on any atom is 0.337 e. The van der Waals surface area contributed by atoms with Gasteiger partial charge in [0.2, 0.25) is 5.91 Å². The summed E-state index contributed by atoms with van der Waals surface area (Å²) in [6.07, 6.45) is 1.27. The lowest BCUT2D eigenvalue weighted by molar-refractivity contribution is 0.0696. The molecule has 0 radical (unpaired) electrons. The van der Waals surface area contributed by atoms with E-state index in [9.17, 15) is 9.59 Å². The number of carboxylic acids is 1. The molecular weight excluding hydrogens is 246 g/mol. The monoisotopic (exact) mass is 257 g/mol. The molecule has 0 aliphatic carbocycles. The molecule has 0 saturated carbocycles. The van der Waals surface area contributed by atoms with Gasteiger partial charge in [-0.15, -0.1) is 0 Å². The predicted molar refractivity (Wildman–Crippen MR) is 69.4 cm³/mol. The van der Waals surface area contributed by atoms with Crippen LogP contribution in [0.5, 0.6) is 0 Å². The van der Waals surface area contributed by atoms with E-state index in [0.717, 1.165) is 5.69 Å². The van der Waals surface area contributed by atoms with Crippen LogP contribution in [-0.4, -0.2) is 22.0 Å². The molecule has 4 N–H and O–H groups in total. The van der Waals surface area contributed by atoms with Gasteiger partial charge in [0.1, 0.15) is 5.82 Å². The summed E-state index contributed by atoms with van der Waals surface area (Å²) in [6.45, 7) is 0. The number of anilines is 2. The molecule has 0 unspecified atom stereocenters. The third-order valence-electron chi connectivity index (χ3n) is 2.45. The van der Waals surface area contributed by atoms with E-state index >= 15 is 0 Å². The van der Waals surface area contributed by atoms with Crippen molar-refractivity contribution in [1.29, 1.82) is 0 Å². The lowest BCUT2D eigenvalue weighted by atomic mass is 10.2. The molecule has 19 heavy (non-hydrogen) atoms. The van der Waals surface area contributed by atoms with Crippen molar-refractivity contribution >= 4 is 23.4 Å². The first-order valence-corrected chi connectivity index (χ1v) is 5.42. The lowest BCUT2D eigenvalue weighted by Crippen LogP contribution is -2.10. The number of nitrogens with zero attached hydrogens (tertiary/aromatic N) is 1. The largest absolute Gasteiger partial charge is 0.478 e. The molecule has 0 spiro atoms. The summed E-state index contributed by atoms with van der Waals surface area (Å²) in [6, 6.07) is 9.58. The molecule has 1 amide bonds. The number of rotatable bonds is 4. The van der Waals surface area contributed by atoms with Crippen LogP contribution in [0.3, 0.4) is 0 Å². The second-order valence-electron chi connectivity index (χ2n) is 3.80. The molecule has 1 aromatic carbocycles. The standard InChI is InChI=1S/C13H11N3O3/c14-12(17)8-1-4-10(5-2-8)16-11-6-3-9(7-15-11)13(18)19/h1-7H,(H2,14,17)(H,15,16)(H,18,19). The van der Waals surface area contributed by atoms with E-state index in [-0.39, 0.29) is 5.56 Å². The highest BCUT2D eigenvalue weighted by Gasteiger charge is 2.04. The Labute approximate surface area is 108 Å². The van der Waals surface area contributed by atoms with Crippen molar-refractivity contribution in [2.24, 2.45) is 5.73 Å². The molecule has 1 aromatic heterocycles. The van der Waals surface area contributed by atoms with Gasteiger partial charge >= 0.3 is 5.97 Å². The van der Waals surface area contributed by atoms with E-state index < -0.39 is 11.9 Å². The molecular formula is C13H11N3O3. The third-order valence-corrected chi connectivity index (χ3v) is 2.45. The molecule has 0 saturated heterocycles. The van der Waals surface area contributed by atoms with Crippen LogP contribution in [-0.2, 0) is 0 Å². The van der Waals surface area contributed by atoms with Crippen molar-refractivity contribution in [2.75, 3.05) is 5.32 Å². The molecule has 0 atom stereocenters. The first kappa shape index (κ1) is 12.6. The van der Waals surface area contributed by atoms with Gasteiger partial charge in [0.15, 0.2) is 0 Å². The Bertz CT molecular complexity index is 551. The Morgan fingerprint density at radius 1 is 1.05 bits per heavy atom. The normalized spacial score (nSPS) is 9.89. The minimum Gasteiger partial charge on any atom is -0.478 e. The molecule has 6 heteroatoms. The molecule has 96 valence electrons. The summed E-state index contributed by atoms with van der Waals surface area (Å²) in [5.74, 6) is -1.00. The molecule has 0 bridgehead atoms. The van der Waals surface area contributed by atoms with Crippen molar-refractivity contribution in [3.05, 3.63) is 53.7 Å². The van der Waals surface area contributed by atoms with Gasteiger partial charge in [0.05, 0.1) is 5.56 Å². The number of benzene rings is 1. The van der Waals surface area contributed by atoms with E-state index in [1.54, 1.807) is 30.3 Å². The Kier molecular flexibility index (Phi) is 3.42. The molecule has 0 aliphatic heterocycles. The van der Waals surface area contributed by atoms with Gasteiger partial charge in [-0.2, -0.15) is 0 Å². The van der Waals surface area contributed by atoms with Crippen LogP contribution in [0, 0.1) is 0 Å². The van der Waals surface area contributed by atoms with Crippen molar-refractivity contribution < 1.29 is 14.7 Å². The number of primary amides is 1. The molecule has 1 heterocycles. The molecule has 2 rings (SSSR count). The summed E-state index contributed by atoms with van der Waals surface area (Å²) < 4.78 is 0. The number of nitrogens with one attached hydrogen (secondary N) is 1. The van der Waals surface area contributed by atoms with Gasteiger partial charge in [-0.3, -0.25) is 4.79 Å². The van der Waals surface area contributed by atoms with Crippen LogP contribution < -0.4 is 11.1 Å². The lowest BCUT2D eigenvalue weighted by Gasteiger charge is -2.06. The number of hydrogen-bond donors (Lipinski definition) is 3. The number of carbonyl (C=O) groups excluding carboxylic acids is 1. The average Bonchev–Trinajstić information content (AvgIpc) is 2.40. The topological polar surface area (TPSA) is 105 Å². The molecule has 6 nitrogen and oxygen atoms in total. The van der Waals surface area contributed by atoms with Gasteiger partial charge in [-0.1, -0.05) is 0 Å². The fraction of sp³-hybridized carbons (Fsp3) is 0. The Morgan fingerprint density at radius 2 is 1.68 bits per heavy atom. The number of amides is 1. The van der Waals surface area contributed by atoms with E-state index in [0.29, 0.717) is 11.4 Å². The quantitative estimate of drug-likeness (QED) is 0.771. The first-order chi connectivity index (χ1) is 9.06. The Morgan fingerprint density at radius 3 is 2.16 bits per heavy atom. The summed E-state index contributed by atoms with van der Waals surface area (Å²) in [5, 5.41) is 11.7. The highest BCUT2D eigenvalue weighted by Crippen LogP contribution is 2.15. The minimum absolute atomic E-state index is 0.120. The fourth-order valence-electron chi connectivity index (χ4n) is 1.46. The SMILES string of the molecule is NC(=O)c1ccc(Nc2ccc(C(=O)O)cn2)cc1. The first-order valence-electron chi connectivity index (χ1n) is 5.42. The number of nitrogens with two attached hydrogens (primary N) is 1. The number of pyridine rings is 1. The maximum absolute atomic E-state index is 10.9. The van der Waals surface area contributed by atoms with Crippen LogP contribution in [0.1, 0.15) is 20.7 Å². The van der Waals surface area contributed by atoms with Crippen LogP contribution in [0.4, 0.5) is 11.5 Å². The molecule has 2 aromatic rings. The smallest absolute Gasteiger partial charge is 0.337 e. The number of aromatic carboxylic acids is 1. The van der Waals surface area contributed by atoms with E-state index in [2.05, 4.69) is 10.3 Å². The van der Waals surface area contributed by atoms with Gasteiger partial charge in [0.25, 0.3) is 0 Å². The highest BCUT2D eigenvalue weighted by atomic mass is 16.4. The number of hydrogen-bond acceptors (Lipinski definition) is 4. The predicted octanol–water partition coefficient (Wildman–Crippen LogP) is 1.62. The zero-order valence-electron chi connectivity index (χ0n) is 9.83. The van der Waals surface area contributed by atoms with Crippen LogP contribution >= 0.6 is 0 Å². The zero-order chi connectivity index (χ0) is 13.8. The summed E-state index contributed by atoms with van der Waals surface area (Å²) in [5.41, 5.74) is 6.39.